The van der Waals surface area contributed by atoms with E-state index in [4.69, 9.17) is 21.1 Å². The molecule has 0 fully saturated rings. The fourth-order valence-corrected chi connectivity index (χ4v) is 2.48. The predicted molar refractivity (Wildman–Crippen MR) is 104 cm³/mol. The Morgan fingerprint density at radius 3 is 2.12 bits per heavy atom. The lowest BCUT2D eigenvalue weighted by molar-refractivity contribution is -0.140. The third-order valence-corrected chi connectivity index (χ3v) is 4.04. The van der Waals surface area contributed by atoms with Crippen molar-refractivity contribution in [1.29, 1.82) is 0 Å². The van der Waals surface area contributed by atoms with Crippen LogP contribution in [0.4, 0.5) is 0 Å². The number of aromatic amines is 1. The molecular weight excluding hydrogens is 432 g/mol. The minimum atomic E-state index is -1.49. The highest BCUT2D eigenvalue weighted by atomic mass is 16.4. The zero-order chi connectivity index (χ0) is 24.3. The van der Waals surface area contributed by atoms with Gasteiger partial charge in [-0.15, -0.1) is 0 Å². The lowest BCUT2D eigenvalue weighted by Gasteiger charge is -2.23. The van der Waals surface area contributed by atoms with Crippen LogP contribution in [0.5, 0.6) is 0 Å². The molecule has 0 saturated heterocycles. The Hall–Kier alpha value is -4.01. The van der Waals surface area contributed by atoms with Gasteiger partial charge in [-0.3, -0.25) is 28.8 Å². The molecule has 0 aromatic carbocycles. The Bertz CT molecular complexity index is 842. The van der Waals surface area contributed by atoms with Crippen molar-refractivity contribution < 1.29 is 44.1 Å². The zero-order valence-electron chi connectivity index (χ0n) is 16.7. The second-order valence-corrected chi connectivity index (χ2v) is 6.65. The van der Waals surface area contributed by atoms with Gasteiger partial charge in [-0.05, 0) is 6.42 Å². The molecule has 3 unspecified atom stereocenters. The number of nitrogens with two attached hydrogens (primary N) is 1. The van der Waals surface area contributed by atoms with Gasteiger partial charge in [-0.1, -0.05) is 0 Å². The molecule has 0 aliphatic heterocycles. The van der Waals surface area contributed by atoms with E-state index >= 15 is 0 Å². The van der Waals surface area contributed by atoms with Gasteiger partial charge in [-0.2, -0.15) is 0 Å². The Balaban J connectivity index is 2.96. The van der Waals surface area contributed by atoms with Gasteiger partial charge in [0.05, 0.1) is 18.8 Å². The number of H-pyrrole nitrogens is 1. The first-order chi connectivity index (χ1) is 15.0. The molecule has 1 heterocycles. The lowest BCUT2D eigenvalue weighted by Crippen LogP contribution is -2.56. The second-order valence-electron chi connectivity index (χ2n) is 6.65. The highest BCUT2D eigenvalue weighted by Crippen LogP contribution is 2.04. The number of carbonyl (C=O) groups is 6. The number of imidazole rings is 1. The fourth-order valence-electron chi connectivity index (χ4n) is 2.48. The minimum Gasteiger partial charge on any atom is -0.481 e. The van der Waals surface area contributed by atoms with Crippen LogP contribution in [0.3, 0.4) is 0 Å². The molecule has 9 N–H and O–H groups in total. The number of hydrogen-bond acceptors (Lipinski definition) is 8. The molecule has 0 aliphatic carbocycles. The second kappa shape index (κ2) is 12.6. The van der Waals surface area contributed by atoms with Gasteiger partial charge in [0.25, 0.3) is 0 Å². The molecule has 15 nitrogen and oxygen atoms in total. The quantitative estimate of drug-likeness (QED) is 0.138. The molecule has 176 valence electrons. The van der Waals surface area contributed by atoms with Crippen molar-refractivity contribution >= 4 is 35.6 Å². The van der Waals surface area contributed by atoms with Crippen LogP contribution in [0.2, 0.25) is 0 Å². The topological polar surface area (TPSA) is 254 Å². The number of aromatic nitrogens is 2. The average molecular weight is 456 g/mol. The van der Waals surface area contributed by atoms with Crippen LogP contribution in [0.15, 0.2) is 12.5 Å². The standard InChI is InChI=1S/C17H24N6O9/c18-9(4-13(26)27)15(30)22-10(1-2-12(24)25)17(32)23-11(3-8-5-19-7-21-8)16(31)20-6-14(28)29/h5,7,9-11H,1-4,6,18H2,(H,19,21)(H,20,31)(H,22,30)(H,23,32)(H,24,25)(H,26,27)(H,28,29). The summed E-state index contributed by atoms with van der Waals surface area (Å²) in [5, 5.41) is 33.0. The summed E-state index contributed by atoms with van der Waals surface area (Å²) in [6.45, 7) is -0.711. The van der Waals surface area contributed by atoms with Crippen molar-refractivity contribution in [2.75, 3.05) is 6.54 Å². The zero-order valence-corrected chi connectivity index (χ0v) is 16.7. The molecule has 0 aliphatic rings. The van der Waals surface area contributed by atoms with Gasteiger partial charge in [-0.25, -0.2) is 4.98 Å². The van der Waals surface area contributed by atoms with Crippen molar-refractivity contribution in [1.82, 2.24) is 25.9 Å². The van der Waals surface area contributed by atoms with E-state index in [-0.39, 0.29) is 12.8 Å². The number of amides is 3. The number of aliphatic carboxylic acids is 3. The molecule has 0 bridgehead atoms. The van der Waals surface area contributed by atoms with E-state index in [1.807, 2.05) is 0 Å². The van der Waals surface area contributed by atoms with Gasteiger partial charge in [0, 0.05) is 24.7 Å². The summed E-state index contributed by atoms with van der Waals surface area (Å²) < 4.78 is 0. The van der Waals surface area contributed by atoms with Crippen LogP contribution >= 0.6 is 0 Å². The number of hydrogen-bond donors (Lipinski definition) is 8. The van der Waals surface area contributed by atoms with Crippen LogP contribution < -0.4 is 21.7 Å². The van der Waals surface area contributed by atoms with Gasteiger partial charge < -0.3 is 42.0 Å². The third kappa shape index (κ3) is 9.66. The van der Waals surface area contributed by atoms with E-state index in [1.54, 1.807) is 0 Å². The van der Waals surface area contributed by atoms with E-state index < -0.39 is 73.1 Å². The fraction of sp³-hybridized carbons (Fsp3) is 0.471. The van der Waals surface area contributed by atoms with Crippen molar-refractivity contribution in [3.63, 3.8) is 0 Å². The maximum absolute atomic E-state index is 12.7. The third-order valence-electron chi connectivity index (χ3n) is 4.04. The van der Waals surface area contributed by atoms with Crippen LogP contribution in [-0.2, 0) is 35.2 Å². The monoisotopic (exact) mass is 456 g/mol. The smallest absolute Gasteiger partial charge is 0.322 e. The Morgan fingerprint density at radius 2 is 1.59 bits per heavy atom. The van der Waals surface area contributed by atoms with Gasteiger partial charge in [0.15, 0.2) is 0 Å². The molecule has 0 spiro atoms. The highest BCUT2D eigenvalue weighted by molar-refractivity contribution is 5.94. The minimum absolute atomic E-state index is 0.116. The number of carbonyl (C=O) groups excluding carboxylic acids is 3. The summed E-state index contributed by atoms with van der Waals surface area (Å²) in [5.41, 5.74) is 5.88. The predicted octanol–water partition coefficient (Wildman–Crippen LogP) is -3.21. The van der Waals surface area contributed by atoms with Crippen LogP contribution in [0.25, 0.3) is 0 Å². The average Bonchev–Trinajstić information content (AvgIpc) is 3.20. The largest absolute Gasteiger partial charge is 0.481 e. The molecule has 3 atom stereocenters. The maximum Gasteiger partial charge on any atom is 0.322 e. The summed E-state index contributed by atoms with van der Waals surface area (Å²) in [7, 11) is 0. The Labute approximate surface area is 180 Å². The van der Waals surface area contributed by atoms with Crippen LogP contribution in [-0.4, -0.2) is 85.6 Å². The van der Waals surface area contributed by atoms with E-state index in [0.717, 1.165) is 0 Å². The van der Waals surface area contributed by atoms with Crippen molar-refractivity contribution in [3.8, 4) is 0 Å². The number of carboxylic acids is 3. The summed E-state index contributed by atoms with van der Waals surface area (Å²) in [6, 6.07) is -4.23. The van der Waals surface area contributed by atoms with Crippen LogP contribution in [0.1, 0.15) is 25.0 Å². The van der Waals surface area contributed by atoms with Gasteiger partial charge in [0.1, 0.15) is 18.6 Å². The summed E-state index contributed by atoms with van der Waals surface area (Å²) in [6.07, 6.45) is 0.957. The van der Waals surface area contributed by atoms with Crippen molar-refractivity contribution in [3.05, 3.63) is 18.2 Å². The summed E-state index contributed by atoms with van der Waals surface area (Å²) in [4.78, 5) is 76.0. The van der Waals surface area contributed by atoms with Crippen LogP contribution in [0, 0.1) is 0 Å². The first-order valence-corrected chi connectivity index (χ1v) is 9.26. The van der Waals surface area contributed by atoms with Crippen molar-refractivity contribution in [2.24, 2.45) is 5.73 Å². The van der Waals surface area contributed by atoms with Gasteiger partial charge >= 0.3 is 17.9 Å². The number of rotatable bonds is 14. The SMILES string of the molecule is NC(CC(=O)O)C(=O)NC(CCC(=O)O)C(=O)NC(Cc1cnc[nH]1)C(=O)NCC(=O)O. The number of carboxylic acid groups (broad SMARTS) is 3. The molecule has 1 aromatic heterocycles. The highest BCUT2D eigenvalue weighted by Gasteiger charge is 2.29. The summed E-state index contributed by atoms with van der Waals surface area (Å²) >= 11 is 0. The number of nitrogens with zero attached hydrogens (tertiary/aromatic N) is 1. The molecule has 0 radical (unpaired) electrons. The molecule has 3 amide bonds. The molecule has 0 saturated carbocycles. The van der Waals surface area contributed by atoms with E-state index in [2.05, 4.69) is 25.9 Å². The van der Waals surface area contributed by atoms with Gasteiger partial charge in [0.2, 0.25) is 17.7 Å². The molecule has 1 aromatic rings. The number of nitrogens with one attached hydrogen (secondary N) is 4. The molecule has 1 rings (SSSR count). The summed E-state index contributed by atoms with van der Waals surface area (Å²) in [5.74, 6) is -6.73. The van der Waals surface area contributed by atoms with E-state index in [0.29, 0.717) is 5.69 Å². The molecular formula is C17H24N6O9. The van der Waals surface area contributed by atoms with E-state index in [9.17, 15) is 28.8 Å². The first-order valence-electron chi connectivity index (χ1n) is 9.26. The molecule has 15 heteroatoms. The Kier molecular flexibility index (Phi) is 10.3. The Morgan fingerprint density at radius 1 is 0.938 bits per heavy atom. The normalized spacial score (nSPS) is 13.3. The first kappa shape index (κ1) is 26.0. The lowest BCUT2D eigenvalue weighted by atomic mass is 10.1. The molecule has 32 heavy (non-hydrogen) atoms. The maximum atomic E-state index is 12.7. The van der Waals surface area contributed by atoms with Crippen molar-refractivity contribution in [2.45, 2.75) is 43.8 Å². The van der Waals surface area contributed by atoms with E-state index in [1.165, 1.54) is 12.5 Å².